The second-order valence-electron chi connectivity index (χ2n) is 2.67. The average molecular weight is 226 g/mol. The lowest BCUT2D eigenvalue weighted by Crippen LogP contribution is -1.61. The van der Waals surface area contributed by atoms with Gasteiger partial charge in [0.05, 0.1) is 5.48 Å². The van der Waals surface area contributed by atoms with Gasteiger partial charge in [-0.05, 0) is 48.4 Å². The maximum atomic E-state index is 8.65. The highest BCUT2D eigenvalue weighted by molar-refractivity contribution is 5.29. The second kappa shape index (κ2) is 5.50. The van der Waals surface area contributed by atoms with Gasteiger partial charge >= 0.3 is 0 Å². The van der Waals surface area contributed by atoms with Gasteiger partial charge in [0, 0.05) is 0 Å². The lowest BCUT2D eigenvalue weighted by molar-refractivity contribution is 0.460. The van der Waals surface area contributed by atoms with E-state index in [1.165, 1.54) is 24.3 Å². The summed E-state index contributed by atoms with van der Waals surface area (Å²) >= 11 is 0. The number of benzene rings is 2. The normalized spacial score (nSPS) is 13.8. The summed E-state index contributed by atoms with van der Waals surface area (Å²) in [5.74, 6) is -0.632. The van der Waals surface area contributed by atoms with E-state index in [4.69, 9.17) is 18.6 Å². The molecule has 84 valence electrons. The molecule has 0 aliphatic carbocycles. The molecule has 0 unspecified atom stereocenters. The van der Waals surface area contributed by atoms with E-state index < -0.39 is 35.7 Å². The van der Waals surface area contributed by atoms with Gasteiger partial charge in [-0.1, -0.05) is 0 Å². The Bertz CT molecular complexity index is 562. The highest BCUT2D eigenvalue weighted by Gasteiger charge is 1.84. The van der Waals surface area contributed by atoms with Gasteiger partial charge in [0.2, 0.25) is 0 Å². The fourth-order valence-electron chi connectivity index (χ4n) is 0.742. The molecule has 0 bridgehead atoms. The van der Waals surface area contributed by atoms with Gasteiger partial charge in [-0.3, -0.25) is 0 Å². The van der Waals surface area contributed by atoms with E-state index in [-0.39, 0.29) is 11.5 Å². The zero-order chi connectivity index (χ0) is 16.9. The van der Waals surface area contributed by atoms with Crippen molar-refractivity contribution in [3.05, 3.63) is 48.4 Å². The molecule has 16 heavy (non-hydrogen) atoms. The Morgan fingerprint density at radius 1 is 0.688 bits per heavy atom. The third-order valence-corrected chi connectivity index (χ3v) is 1.43. The van der Waals surface area contributed by atoms with Crippen molar-refractivity contribution in [2.24, 2.45) is 0 Å². The van der Waals surface area contributed by atoms with Gasteiger partial charge in [0.15, 0.2) is 0 Å². The third kappa shape index (κ3) is 4.23. The molecular weight excluding hydrogens is 208 g/mol. The number of hydrogen-bond donors (Lipinski definition) is 4. The van der Waals surface area contributed by atoms with Crippen molar-refractivity contribution in [1.29, 1.82) is 2.86 Å². The second-order valence-corrected chi connectivity index (χ2v) is 2.67. The van der Waals surface area contributed by atoms with Crippen LogP contribution in [0.15, 0.2) is 48.4 Å². The van der Waals surface area contributed by atoms with Crippen molar-refractivity contribution in [3.8, 4) is 23.0 Å². The molecule has 0 aromatic heterocycles. The predicted molar refractivity (Wildman–Crippen MR) is 59.5 cm³/mol. The van der Waals surface area contributed by atoms with Crippen molar-refractivity contribution in [3.63, 3.8) is 0 Å². The van der Waals surface area contributed by atoms with E-state index in [0.717, 1.165) is 0 Å². The summed E-state index contributed by atoms with van der Waals surface area (Å²) in [6.45, 7) is 0. The van der Waals surface area contributed by atoms with Crippen LogP contribution in [0.4, 0.5) is 0 Å². The summed E-state index contributed by atoms with van der Waals surface area (Å²) in [4.78, 5) is 0. The van der Waals surface area contributed by atoms with E-state index in [9.17, 15) is 0 Å². The molecule has 0 atom stereocenters. The van der Waals surface area contributed by atoms with Crippen molar-refractivity contribution < 1.29 is 25.9 Å². The summed E-state index contributed by atoms with van der Waals surface area (Å²) in [5.41, 5.74) is 0. The van der Waals surface area contributed by atoms with Crippen LogP contribution in [0.2, 0.25) is 0 Å². The number of rotatable bonds is 2. The molecule has 4 nitrogen and oxygen atoms in total. The lowest BCUT2D eigenvalue weighted by atomic mass is 10.3. The molecule has 0 saturated carbocycles. The van der Waals surface area contributed by atoms with Crippen LogP contribution in [-0.2, 0) is 0 Å². The summed E-state index contributed by atoms with van der Waals surface area (Å²) in [7, 11) is 0. The van der Waals surface area contributed by atoms with Crippen molar-refractivity contribution in [1.82, 2.24) is 0 Å². The maximum absolute atomic E-state index is 8.65. The highest BCUT2D eigenvalue weighted by atomic mass is 16.3. The van der Waals surface area contributed by atoms with Crippen LogP contribution in [0, 0.1) is 0 Å². The predicted octanol–water partition coefficient (Wildman–Crippen LogP) is 2.20. The molecular formula is C12H12O4. The minimum atomic E-state index is -0.539. The quantitative estimate of drug-likeness (QED) is 0.592. The lowest BCUT2D eigenvalue weighted by Gasteiger charge is -1.88. The third-order valence-electron chi connectivity index (χ3n) is 1.43. The standard InChI is InChI=1S/2C6H6O2/c2*7-5-1-2-6(8)4-3-5/h2*1-4,7-8H/i1D,2D,3D,4D;/hD2. The Balaban J connectivity index is 0.000000255. The van der Waals surface area contributed by atoms with E-state index in [1.54, 1.807) is 0 Å². The molecule has 2 rings (SSSR count). The highest BCUT2D eigenvalue weighted by Crippen LogP contribution is 2.13. The van der Waals surface area contributed by atoms with Crippen LogP contribution in [0.3, 0.4) is 0 Å². The molecule has 2 aromatic rings. The van der Waals surface area contributed by atoms with E-state index in [0.29, 0.717) is 0 Å². The Morgan fingerprint density at radius 2 is 1.00 bits per heavy atom. The van der Waals surface area contributed by atoms with E-state index in [1.807, 2.05) is 0 Å². The summed E-state index contributed by atoms with van der Waals surface area (Å²) < 4.78 is 42.2. The van der Waals surface area contributed by atoms with Gasteiger partial charge in [-0.25, -0.2) is 0 Å². The summed E-state index contributed by atoms with van der Waals surface area (Å²) in [6, 6.07) is 3.55. The first-order chi connectivity index (χ1) is 10.3. The molecule has 0 spiro atoms. The number of phenolic OH excluding ortho intramolecular Hbond substituents is 4. The smallest absolute Gasteiger partial charge is 0.293 e. The van der Waals surface area contributed by atoms with Crippen LogP contribution >= 0.6 is 0 Å². The molecule has 0 saturated heterocycles. The topological polar surface area (TPSA) is 80.9 Å². The molecule has 2 aromatic carbocycles. The van der Waals surface area contributed by atoms with Crippen molar-refractivity contribution >= 4 is 0 Å². The van der Waals surface area contributed by atoms with E-state index >= 15 is 0 Å². The molecule has 0 fully saturated rings. The first kappa shape index (κ1) is 5.65. The van der Waals surface area contributed by atoms with Crippen LogP contribution in [-0.4, -0.2) is 23.3 Å². The molecule has 4 heteroatoms. The van der Waals surface area contributed by atoms with Crippen LogP contribution in [0.25, 0.3) is 0 Å². The monoisotopic (exact) mass is 226 g/mol. The zero-order valence-electron chi connectivity index (χ0n) is 14.0. The zero-order valence-corrected chi connectivity index (χ0v) is 8.02. The first-order valence-electron chi connectivity index (χ1n) is 6.99. The van der Waals surface area contributed by atoms with Crippen molar-refractivity contribution in [2.45, 2.75) is 0 Å². The minimum absolute atomic E-state index is 0.169. The van der Waals surface area contributed by atoms with Gasteiger partial charge < -0.3 is 20.4 Å². The Labute approximate surface area is 101 Å². The number of hydrogen-bond acceptors (Lipinski definition) is 4. The molecule has 0 aliphatic heterocycles. The maximum Gasteiger partial charge on any atom is 0.293 e. The Hall–Kier alpha value is -2.36. The van der Waals surface area contributed by atoms with Crippen LogP contribution in [0.5, 0.6) is 23.0 Å². The number of phenols is 4. The number of aromatic hydroxyl groups is 4. The Morgan fingerprint density at radius 3 is 1.25 bits per heavy atom. The van der Waals surface area contributed by atoms with Gasteiger partial charge in [0.25, 0.3) is 2.86 Å². The fourth-order valence-corrected chi connectivity index (χ4v) is 0.742. The van der Waals surface area contributed by atoms with Gasteiger partial charge in [-0.2, -0.15) is 0 Å². The molecule has 4 N–H and O–H groups in total. The SMILES string of the molecule is Oc1ccc(O)cc1.[2H]Oc1c([2H])c([2H])c(O[2H])c([2H])c1[2H]. The largest absolute Gasteiger partial charge is 0.508 e. The molecule has 0 heterocycles. The molecule has 0 amide bonds. The Kier molecular flexibility index (Phi) is 1.94. The molecule has 0 aliphatic rings. The van der Waals surface area contributed by atoms with Crippen LogP contribution < -0.4 is 0 Å². The van der Waals surface area contributed by atoms with Crippen LogP contribution in [0.1, 0.15) is 5.48 Å². The first-order valence-corrected chi connectivity index (χ1v) is 4.18. The molecule has 0 radical (unpaired) electrons. The van der Waals surface area contributed by atoms with E-state index in [2.05, 4.69) is 10.2 Å². The summed E-state index contributed by atoms with van der Waals surface area (Å²) in [5, 5.41) is 25.2. The van der Waals surface area contributed by atoms with Gasteiger partial charge in [-0.15, -0.1) is 0 Å². The fraction of sp³-hybridized carbons (Fsp3) is 0. The summed E-state index contributed by atoms with van der Waals surface area (Å²) in [6.07, 6.45) is 0. The average Bonchev–Trinajstić information content (AvgIpc) is 2.50. The van der Waals surface area contributed by atoms with Gasteiger partial charge in [0.1, 0.15) is 23.0 Å². The van der Waals surface area contributed by atoms with Crippen molar-refractivity contribution in [2.75, 3.05) is 0 Å². The minimum Gasteiger partial charge on any atom is -0.508 e.